The summed E-state index contributed by atoms with van der Waals surface area (Å²) in [4.78, 5) is 3.63. The molecule has 4 nitrogen and oxygen atoms in total. The molecule has 1 aromatic heterocycles. The lowest BCUT2D eigenvalue weighted by molar-refractivity contribution is 0.228. The first-order valence-electron chi connectivity index (χ1n) is 8.15. The smallest absolute Gasteiger partial charge is 0.213 e. The molecule has 2 aromatic rings. The summed E-state index contributed by atoms with van der Waals surface area (Å²) in [6.07, 6.45) is 2.31. The number of hydrogen-bond acceptors (Lipinski definition) is 4. The van der Waals surface area contributed by atoms with Gasteiger partial charge in [-0.15, -0.1) is 0 Å². The average Bonchev–Trinajstić information content (AvgIpc) is 2.51. The average molecular weight is 330 g/mol. The van der Waals surface area contributed by atoms with Gasteiger partial charge in [-0.25, -0.2) is 4.98 Å². The third-order valence-corrected chi connectivity index (χ3v) is 3.99. The molecule has 2 heterocycles. The van der Waals surface area contributed by atoms with Crippen molar-refractivity contribution >= 4 is 0 Å². The largest absolute Gasteiger partial charge is 0.493 e. The van der Waals surface area contributed by atoms with Crippen molar-refractivity contribution in [3.8, 4) is 22.6 Å². The summed E-state index contributed by atoms with van der Waals surface area (Å²) in [6.45, 7) is 7.20. The van der Waals surface area contributed by atoms with Crippen LogP contribution in [0.15, 0.2) is 30.5 Å². The van der Waals surface area contributed by atoms with Gasteiger partial charge < -0.3 is 15.2 Å². The fourth-order valence-electron chi connectivity index (χ4n) is 3.14. The number of nitrogens with zero attached hydrogens (tertiary/aromatic N) is 1. The molecule has 1 aliphatic heterocycles. The Labute approximate surface area is 141 Å². The molecule has 1 aliphatic rings. The molecule has 0 radical (unpaired) electrons. The predicted molar refractivity (Wildman–Crippen MR) is 91.5 cm³/mol. The highest BCUT2D eigenvalue weighted by Crippen LogP contribution is 2.38. The predicted octanol–water partition coefficient (Wildman–Crippen LogP) is 3.92. The number of hydrogen-bond donors (Lipinski definition) is 1. The molecule has 0 saturated carbocycles. The van der Waals surface area contributed by atoms with Crippen LogP contribution in [0.1, 0.15) is 32.8 Å². The lowest BCUT2D eigenvalue weighted by atomic mass is 9.93. The second kappa shape index (κ2) is 6.40. The summed E-state index contributed by atoms with van der Waals surface area (Å²) < 4.78 is 25.0. The van der Waals surface area contributed by atoms with Crippen molar-refractivity contribution < 1.29 is 13.9 Å². The molecule has 128 valence electrons. The Balaban J connectivity index is 1.74. The van der Waals surface area contributed by atoms with Gasteiger partial charge in [-0.1, -0.05) is 13.0 Å². The lowest BCUT2D eigenvalue weighted by Gasteiger charge is -2.24. The molecule has 0 fully saturated rings. The van der Waals surface area contributed by atoms with Gasteiger partial charge in [0.05, 0.1) is 12.8 Å². The van der Waals surface area contributed by atoms with Crippen molar-refractivity contribution in [1.29, 1.82) is 0 Å². The van der Waals surface area contributed by atoms with E-state index < -0.39 is 5.95 Å². The molecular weight excluding hydrogens is 307 g/mol. The van der Waals surface area contributed by atoms with E-state index in [1.165, 1.54) is 12.3 Å². The Morgan fingerprint density at radius 2 is 2.12 bits per heavy atom. The second-order valence-corrected chi connectivity index (χ2v) is 7.22. The zero-order valence-corrected chi connectivity index (χ0v) is 14.3. The molecule has 1 unspecified atom stereocenters. The number of rotatable bonds is 5. The van der Waals surface area contributed by atoms with Crippen LogP contribution in [0.3, 0.4) is 0 Å². The zero-order chi connectivity index (χ0) is 17.3. The Morgan fingerprint density at radius 1 is 1.33 bits per heavy atom. The van der Waals surface area contributed by atoms with Crippen LogP contribution in [-0.2, 0) is 6.61 Å². The zero-order valence-electron chi connectivity index (χ0n) is 14.3. The Morgan fingerprint density at radius 3 is 2.88 bits per heavy atom. The number of ether oxygens (including phenoxy) is 2. The van der Waals surface area contributed by atoms with E-state index in [1.54, 1.807) is 0 Å². The molecule has 0 saturated heterocycles. The van der Waals surface area contributed by atoms with E-state index in [9.17, 15) is 4.39 Å². The monoisotopic (exact) mass is 330 g/mol. The minimum absolute atomic E-state index is 0.200. The van der Waals surface area contributed by atoms with Crippen molar-refractivity contribution in [2.24, 2.45) is 11.7 Å². The summed E-state index contributed by atoms with van der Waals surface area (Å²) in [7, 11) is 0. The third-order valence-electron chi connectivity index (χ3n) is 3.99. The fourth-order valence-corrected chi connectivity index (χ4v) is 3.14. The normalized spacial score (nSPS) is 14.4. The first-order valence-corrected chi connectivity index (χ1v) is 8.15. The Kier molecular flexibility index (Phi) is 4.45. The van der Waals surface area contributed by atoms with E-state index in [-0.39, 0.29) is 5.54 Å². The maximum Gasteiger partial charge on any atom is 0.213 e. The maximum absolute atomic E-state index is 13.4. The lowest BCUT2D eigenvalue weighted by Crippen LogP contribution is -2.35. The fraction of sp³-hybridized carbons (Fsp3) is 0.421. The van der Waals surface area contributed by atoms with Crippen LogP contribution in [0, 0.1) is 11.9 Å². The molecule has 0 amide bonds. The molecule has 0 bridgehead atoms. The maximum atomic E-state index is 13.4. The van der Waals surface area contributed by atoms with Crippen LogP contribution in [0.2, 0.25) is 0 Å². The molecule has 3 rings (SSSR count). The molecule has 0 spiro atoms. The Bertz CT molecular complexity index is 741. The number of fused-ring (bicyclic) bond motifs is 3. The number of aromatic nitrogens is 1. The van der Waals surface area contributed by atoms with Crippen LogP contribution in [0.4, 0.5) is 4.39 Å². The van der Waals surface area contributed by atoms with Gasteiger partial charge >= 0.3 is 0 Å². The molecule has 0 aliphatic carbocycles. The van der Waals surface area contributed by atoms with Crippen LogP contribution in [0.5, 0.6) is 11.5 Å². The van der Waals surface area contributed by atoms with Crippen LogP contribution in [0.25, 0.3) is 11.1 Å². The first-order chi connectivity index (χ1) is 11.3. The quantitative estimate of drug-likeness (QED) is 0.844. The number of halogens is 1. The van der Waals surface area contributed by atoms with E-state index in [1.807, 2.05) is 32.0 Å². The summed E-state index contributed by atoms with van der Waals surface area (Å²) in [5.41, 5.74) is 8.52. The number of benzene rings is 1. The van der Waals surface area contributed by atoms with E-state index in [0.717, 1.165) is 28.9 Å². The molecule has 24 heavy (non-hydrogen) atoms. The van der Waals surface area contributed by atoms with Gasteiger partial charge in [0.25, 0.3) is 0 Å². The van der Waals surface area contributed by atoms with Crippen LogP contribution >= 0.6 is 0 Å². The number of nitrogens with two attached hydrogens (primary N) is 1. The van der Waals surface area contributed by atoms with E-state index >= 15 is 0 Å². The van der Waals surface area contributed by atoms with Gasteiger partial charge in [-0.05, 0) is 43.9 Å². The van der Waals surface area contributed by atoms with Gasteiger partial charge in [-0.3, -0.25) is 0 Å². The van der Waals surface area contributed by atoms with Gasteiger partial charge in [0.2, 0.25) is 5.95 Å². The number of pyridine rings is 1. The minimum Gasteiger partial charge on any atom is -0.493 e. The van der Waals surface area contributed by atoms with Gasteiger partial charge in [-0.2, -0.15) is 4.39 Å². The summed E-state index contributed by atoms with van der Waals surface area (Å²) in [5, 5.41) is 0. The first kappa shape index (κ1) is 16.7. The highest BCUT2D eigenvalue weighted by atomic mass is 19.1. The van der Waals surface area contributed by atoms with E-state index in [4.69, 9.17) is 15.2 Å². The Hall–Kier alpha value is -2.14. The second-order valence-electron chi connectivity index (χ2n) is 7.22. The summed E-state index contributed by atoms with van der Waals surface area (Å²) in [5.74, 6) is 1.25. The minimum atomic E-state index is -0.510. The van der Waals surface area contributed by atoms with Crippen molar-refractivity contribution in [3.05, 3.63) is 42.0 Å². The van der Waals surface area contributed by atoms with Crippen molar-refractivity contribution in [2.45, 2.75) is 39.3 Å². The summed E-state index contributed by atoms with van der Waals surface area (Å²) >= 11 is 0. The van der Waals surface area contributed by atoms with E-state index in [2.05, 4.69) is 11.9 Å². The topological polar surface area (TPSA) is 57.4 Å². The SMILES string of the molecule is CC(COc1ccc2c(c1)COc1cnc(F)cc1-2)CC(C)(C)N. The van der Waals surface area contributed by atoms with Crippen molar-refractivity contribution in [2.75, 3.05) is 6.61 Å². The third kappa shape index (κ3) is 3.85. The summed E-state index contributed by atoms with van der Waals surface area (Å²) in [6, 6.07) is 7.21. The van der Waals surface area contributed by atoms with Crippen molar-refractivity contribution in [1.82, 2.24) is 4.98 Å². The van der Waals surface area contributed by atoms with Crippen molar-refractivity contribution in [3.63, 3.8) is 0 Å². The molecule has 5 heteroatoms. The standard InChI is InChI=1S/C19H23FN2O2/c1-12(8-19(2,3)21)10-23-14-4-5-15-13(6-14)11-24-17-9-22-18(20)7-16(15)17/h4-7,9,12H,8,10-11,21H2,1-3H3. The molecule has 1 atom stereocenters. The van der Waals surface area contributed by atoms with Crippen LogP contribution < -0.4 is 15.2 Å². The molecular formula is C19H23FN2O2. The highest BCUT2D eigenvalue weighted by Gasteiger charge is 2.20. The van der Waals surface area contributed by atoms with E-state index in [0.29, 0.717) is 24.9 Å². The highest BCUT2D eigenvalue weighted by molar-refractivity contribution is 5.75. The molecule has 1 aromatic carbocycles. The van der Waals surface area contributed by atoms with Crippen LogP contribution in [-0.4, -0.2) is 17.1 Å². The van der Waals surface area contributed by atoms with Gasteiger partial charge in [0, 0.05) is 22.7 Å². The molecule has 2 N–H and O–H groups in total. The van der Waals surface area contributed by atoms with Gasteiger partial charge in [0.1, 0.15) is 18.1 Å². The van der Waals surface area contributed by atoms with Gasteiger partial charge in [0.15, 0.2) is 0 Å².